The molecular formula is C22H29NO3. The molecule has 4 heteroatoms. The van der Waals surface area contributed by atoms with Gasteiger partial charge in [-0.2, -0.15) is 0 Å². The van der Waals surface area contributed by atoms with Crippen molar-refractivity contribution in [3.8, 4) is 0 Å². The van der Waals surface area contributed by atoms with E-state index in [9.17, 15) is 9.59 Å². The van der Waals surface area contributed by atoms with Gasteiger partial charge in [-0.1, -0.05) is 30.3 Å². The van der Waals surface area contributed by atoms with E-state index in [0.717, 1.165) is 23.3 Å². The monoisotopic (exact) mass is 355 g/mol. The van der Waals surface area contributed by atoms with Gasteiger partial charge in [0, 0.05) is 6.42 Å². The molecule has 4 nitrogen and oxygen atoms in total. The van der Waals surface area contributed by atoms with E-state index in [1.807, 2.05) is 37.3 Å². The largest absolute Gasteiger partial charge is 0.456 e. The minimum absolute atomic E-state index is 0.0104. The summed E-state index contributed by atoms with van der Waals surface area (Å²) in [5.41, 5.74) is 1.17. The summed E-state index contributed by atoms with van der Waals surface area (Å²) in [4.78, 5) is 24.5. The number of hydrogen-bond acceptors (Lipinski definition) is 3. The van der Waals surface area contributed by atoms with Crippen LogP contribution in [0.5, 0.6) is 0 Å². The van der Waals surface area contributed by atoms with Crippen molar-refractivity contribution >= 4 is 11.9 Å². The van der Waals surface area contributed by atoms with Gasteiger partial charge in [-0.05, 0) is 74.2 Å². The minimum Gasteiger partial charge on any atom is -0.456 e. The van der Waals surface area contributed by atoms with Crippen LogP contribution in [0.1, 0.15) is 63.5 Å². The number of nitrogens with one attached hydrogen (secondary N) is 1. The first-order valence-electron chi connectivity index (χ1n) is 10.0. The molecule has 1 amide bonds. The minimum atomic E-state index is -0.375. The molecule has 0 spiro atoms. The van der Waals surface area contributed by atoms with Crippen LogP contribution in [0.2, 0.25) is 0 Å². The van der Waals surface area contributed by atoms with Crippen molar-refractivity contribution in [1.29, 1.82) is 0 Å². The smallest absolute Gasteiger partial charge is 0.326 e. The van der Waals surface area contributed by atoms with Crippen molar-refractivity contribution in [2.75, 3.05) is 6.54 Å². The highest BCUT2D eigenvalue weighted by Gasteiger charge is 2.51. The van der Waals surface area contributed by atoms with Crippen molar-refractivity contribution in [1.82, 2.24) is 5.32 Å². The molecule has 4 aliphatic rings. The Morgan fingerprint density at radius 3 is 2.23 bits per heavy atom. The molecule has 5 rings (SSSR count). The lowest BCUT2D eigenvalue weighted by molar-refractivity contribution is -0.149. The number of esters is 1. The van der Waals surface area contributed by atoms with E-state index in [1.165, 1.54) is 38.5 Å². The first-order chi connectivity index (χ1) is 12.5. The summed E-state index contributed by atoms with van der Waals surface area (Å²) in [5.74, 6) is 2.15. The molecular weight excluding hydrogens is 326 g/mol. The first kappa shape index (κ1) is 17.6. The molecule has 4 fully saturated rings. The van der Waals surface area contributed by atoms with E-state index >= 15 is 0 Å². The molecule has 1 atom stereocenters. The van der Waals surface area contributed by atoms with Gasteiger partial charge in [0.1, 0.15) is 12.6 Å². The summed E-state index contributed by atoms with van der Waals surface area (Å²) in [6.45, 7) is 1.81. The highest BCUT2D eigenvalue weighted by molar-refractivity contribution is 5.82. The molecule has 0 unspecified atom stereocenters. The van der Waals surface area contributed by atoms with Crippen LogP contribution in [0.25, 0.3) is 0 Å². The fourth-order valence-electron chi connectivity index (χ4n) is 6.11. The molecule has 4 aliphatic carbocycles. The highest BCUT2D eigenvalue weighted by atomic mass is 16.5. The Morgan fingerprint density at radius 2 is 1.65 bits per heavy atom. The van der Waals surface area contributed by atoms with Gasteiger partial charge in [0.05, 0.1) is 0 Å². The number of hydrogen-bond donors (Lipinski definition) is 1. The third-order valence-corrected chi connectivity index (χ3v) is 6.71. The molecule has 26 heavy (non-hydrogen) atoms. The quantitative estimate of drug-likeness (QED) is 0.784. The van der Waals surface area contributed by atoms with Crippen molar-refractivity contribution < 1.29 is 14.3 Å². The van der Waals surface area contributed by atoms with Crippen LogP contribution in [-0.4, -0.2) is 18.4 Å². The molecule has 4 saturated carbocycles. The van der Waals surface area contributed by atoms with Crippen molar-refractivity contribution in [3.63, 3.8) is 0 Å². The summed E-state index contributed by atoms with van der Waals surface area (Å²) >= 11 is 0. The summed E-state index contributed by atoms with van der Waals surface area (Å²) in [7, 11) is 0. The number of benzene rings is 1. The number of amides is 1. The van der Waals surface area contributed by atoms with Crippen molar-refractivity contribution in [2.45, 2.75) is 58.0 Å². The third-order valence-electron chi connectivity index (χ3n) is 6.71. The van der Waals surface area contributed by atoms with E-state index in [-0.39, 0.29) is 29.9 Å². The third kappa shape index (κ3) is 3.79. The van der Waals surface area contributed by atoms with E-state index in [0.29, 0.717) is 6.42 Å². The fourth-order valence-corrected chi connectivity index (χ4v) is 6.11. The molecule has 0 radical (unpaired) electrons. The lowest BCUT2D eigenvalue weighted by Crippen LogP contribution is -2.48. The second kappa shape index (κ2) is 7.05. The van der Waals surface area contributed by atoms with E-state index in [4.69, 9.17) is 4.74 Å². The molecule has 1 N–H and O–H groups in total. The Bertz CT molecular complexity index is 634. The van der Waals surface area contributed by atoms with E-state index in [1.54, 1.807) is 0 Å². The van der Waals surface area contributed by atoms with Gasteiger partial charge in [-0.25, -0.2) is 0 Å². The number of ether oxygens (including phenoxy) is 1. The highest BCUT2D eigenvalue weighted by Crippen LogP contribution is 2.61. The summed E-state index contributed by atoms with van der Waals surface area (Å²) < 4.78 is 5.43. The van der Waals surface area contributed by atoms with Gasteiger partial charge in [-0.3, -0.25) is 9.59 Å². The maximum absolute atomic E-state index is 12.5. The zero-order valence-corrected chi connectivity index (χ0v) is 15.6. The second-order valence-corrected chi connectivity index (χ2v) is 8.91. The molecule has 0 saturated heterocycles. The van der Waals surface area contributed by atoms with E-state index in [2.05, 4.69) is 5.32 Å². The Hall–Kier alpha value is -1.84. The zero-order chi connectivity index (χ0) is 18.1. The SMILES string of the molecule is C[C@H](OC(=O)CNC(=O)CC12CC3CC(CC(C3)C1)C2)c1ccccc1. The van der Waals surface area contributed by atoms with E-state index < -0.39 is 0 Å². The number of carbonyl (C=O) groups is 2. The van der Waals surface area contributed by atoms with Crippen LogP contribution >= 0.6 is 0 Å². The number of carbonyl (C=O) groups excluding carboxylic acids is 2. The topological polar surface area (TPSA) is 55.4 Å². The molecule has 1 aromatic carbocycles. The van der Waals surface area contributed by atoms with Crippen LogP contribution < -0.4 is 5.32 Å². The molecule has 0 heterocycles. The Labute approximate surface area is 155 Å². The standard InChI is InChI=1S/C22H29NO3/c1-15(19-5-3-2-4-6-19)26-21(25)14-23-20(24)13-22-10-16-7-17(11-22)9-18(8-16)12-22/h2-6,15-18H,7-14H2,1H3,(H,23,24)/t15-,16?,17?,18?,22?/m0/s1. The van der Waals surface area contributed by atoms with Gasteiger partial charge in [0.15, 0.2) is 0 Å². The van der Waals surface area contributed by atoms with Crippen molar-refractivity contribution in [2.24, 2.45) is 23.2 Å². The fraction of sp³-hybridized carbons (Fsp3) is 0.636. The molecule has 4 bridgehead atoms. The summed E-state index contributed by atoms with van der Waals surface area (Å²) in [6.07, 6.45) is 8.05. The van der Waals surface area contributed by atoms with Gasteiger partial charge < -0.3 is 10.1 Å². The molecule has 0 aliphatic heterocycles. The van der Waals surface area contributed by atoms with Gasteiger partial charge in [0.25, 0.3) is 0 Å². The van der Waals surface area contributed by atoms with Gasteiger partial charge >= 0.3 is 5.97 Å². The maximum Gasteiger partial charge on any atom is 0.326 e. The average Bonchev–Trinajstić information content (AvgIpc) is 2.59. The summed E-state index contributed by atoms with van der Waals surface area (Å²) in [6, 6.07) is 9.65. The normalized spacial score (nSPS) is 32.9. The molecule has 1 aromatic rings. The Balaban J connectivity index is 1.25. The average molecular weight is 355 g/mol. The van der Waals surface area contributed by atoms with Crippen LogP contribution in [0.15, 0.2) is 30.3 Å². The molecule has 0 aromatic heterocycles. The molecule has 140 valence electrons. The zero-order valence-electron chi connectivity index (χ0n) is 15.6. The van der Waals surface area contributed by atoms with Gasteiger partial charge in [-0.15, -0.1) is 0 Å². The van der Waals surface area contributed by atoms with Gasteiger partial charge in [0.2, 0.25) is 5.91 Å². The second-order valence-electron chi connectivity index (χ2n) is 8.91. The maximum atomic E-state index is 12.5. The van der Waals surface area contributed by atoms with Crippen LogP contribution in [-0.2, 0) is 14.3 Å². The Morgan fingerprint density at radius 1 is 1.08 bits per heavy atom. The predicted octanol–water partition coefficient (Wildman–Crippen LogP) is 4.01. The first-order valence-corrected chi connectivity index (χ1v) is 10.0. The Kier molecular flexibility index (Phi) is 4.76. The summed E-state index contributed by atoms with van der Waals surface area (Å²) in [5, 5.41) is 2.80. The lowest BCUT2D eigenvalue weighted by Gasteiger charge is -2.56. The lowest BCUT2D eigenvalue weighted by atomic mass is 9.49. The predicted molar refractivity (Wildman–Crippen MR) is 99.2 cm³/mol. The number of rotatable bonds is 6. The van der Waals surface area contributed by atoms with Crippen LogP contribution in [0.3, 0.4) is 0 Å². The van der Waals surface area contributed by atoms with Crippen LogP contribution in [0, 0.1) is 23.2 Å². The van der Waals surface area contributed by atoms with Crippen LogP contribution in [0.4, 0.5) is 0 Å². The van der Waals surface area contributed by atoms with Crippen molar-refractivity contribution in [3.05, 3.63) is 35.9 Å².